The van der Waals surface area contributed by atoms with Crippen molar-refractivity contribution in [3.63, 3.8) is 0 Å². The Morgan fingerprint density at radius 2 is 2.12 bits per heavy atom. The highest BCUT2D eigenvalue weighted by molar-refractivity contribution is 5.69. The maximum Gasteiger partial charge on any atom is 0.307 e. The normalized spacial score (nSPS) is 10.1. The molecule has 0 amide bonds. The van der Waals surface area contributed by atoms with Crippen molar-refractivity contribution in [1.82, 2.24) is 4.90 Å². The maximum absolute atomic E-state index is 11.1. The van der Waals surface area contributed by atoms with Crippen molar-refractivity contribution in [2.75, 3.05) is 40.0 Å². The number of hydrogen-bond acceptors (Lipinski definition) is 5. The van der Waals surface area contributed by atoms with Gasteiger partial charge in [0.15, 0.2) is 0 Å². The van der Waals surface area contributed by atoms with Gasteiger partial charge >= 0.3 is 5.97 Å². The van der Waals surface area contributed by atoms with Crippen molar-refractivity contribution in [2.24, 2.45) is 0 Å². The van der Waals surface area contributed by atoms with E-state index in [2.05, 4.69) is 6.07 Å². The maximum atomic E-state index is 11.1. The molecule has 5 nitrogen and oxygen atoms in total. The predicted molar refractivity (Wildman–Crippen MR) is 59.8 cm³/mol. The lowest BCUT2D eigenvalue weighted by Crippen LogP contribution is -2.31. The van der Waals surface area contributed by atoms with Gasteiger partial charge in [-0.1, -0.05) is 0 Å². The van der Waals surface area contributed by atoms with Crippen LogP contribution < -0.4 is 0 Å². The first-order valence-electron chi connectivity index (χ1n) is 5.48. The number of carbonyl (C=O) groups excluding carboxylic acids is 1. The van der Waals surface area contributed by atoms with E-state index in [4.69, 9.17) is 14.7 Å². The number of ether oxygens (including phenoxy) is 2. The molecule has 0 atom stereocenters. The van der Waals surface area contributed by atoms with Crippen molar-refractivity contribution in [3.05, 3.63) is 0 Å². The fourth-order valence-electron chi connectivity index (χ4n) is 1.25. The van der Waals surface area contributed by atoms with E-state index in [1.807, 2.05) is 4.90 Å². The number of rotatable bonds is 9. The Labute approximate surface area is 96.9 Å². The largest absolute Gasteiger partial charge is 0.466 e. The summed E-state index contributed by atoms with van der Waals surface area (Å²) in [6.45, 7) is 4.82. The summed E-state index contributed by atoms with van der Waals surface area (Å²) in [5.74, 6) is -0.193. The van der Waals surface area contributed by atoms with Gasteiger partial charge in [0, 0.05) is 33.2 Å². The molecule has 92 valence electrons. The Morgan fingerprint density at radius 1 is 1.38 bits per heavy atom. The summed E-state index contributed by atoms with van der Waals surface area (Å²) in [5.41, 5.74) is 0. The predicted octanol–water partition coefficient (Wildman–Crippen LogP) is 0.802. The van der Waals surface area contributed by atoms with Gasteiger partial charge in [-0.15, -0.1) is 0 Å². The van der Waals surface area contributed by atoms with Crippen molar-refractivity contribution in [1.29, 1.82) is 5.26 Å². The zero-order chi connectivity index (χ0) is 12.2. The molecule has 0 fully saturated rings. The third kappa shape index (κ3) is 8.21. The van der Waals surface area contributed by atoms with Crippen LogP contribution in [0.5, 0.6) is 0 Å². The molecule has 5 heteroatoms. The molecule has 0 aliphatic rings. The molecule has 0 saturated heterocycles. The van der Waals surface area contributed by atoms with E-state index in [1.54, 1.807) is 14.0 Å². The van der Waals surface area contributed by atoms with Crippen molar-refractivity contribution in [2.45, 2.75) is 19.8 Å². The number of methoxy groups -OCH3 is 1. The summed E-state index contributed by atoms with van der Waals surface area (Å²) in [5, 5.41) is 8.50. The molecule has 0 aromatic rings. The van der Waals surface area contributed by atoms with Crippen LogP contribution in [0, 0.1) is 11.3 Å². The minimum Gasteiger partial charge on any atom is -0.466 e. The average molecular weight is 228 g/mol. The van der Waals surface area contributed by atoms with Crippen molar-refractivity contribution >= 4 is 5.97 Å². The van der Waals surface area contributed by atoms with Gasteiger partial charge in [0.25, 0.3) is 0 Å². The number of carbonyl (C=O) groups is 1. The molecule has 0 aliphatic heterocycles. The fraction of sp³-hybridized carbons (Fsp3) is 0.818. The third-order valence-corrected chi connectivity index (χ3v) is 2.09. The zero-order valence-corrected chi connectivity index (χ0v) is 10.1. The fourth-order valence-corrected chi connectivity index (χ4v) is 1.25. The lowest BCUT2D eigenvalue weighted by Gasteiger charge is -2.19. The lowest BCUT2D eigenvalue weighted by molar-refractivity contribution is -0.143. The van der Waals surface area contributed by atoms with Crippen LogP contribution in [0.1, 0.15) is 19.8 Å². The summed E-state index contributed by atoms with van der Waals surface area (Å²) < 4.78 is 9.81. The monoisotopic (exact) mass is 228 g/mol. The number of nitriles is 1. The molecule has 0 spiro atoms. The number of hydrogen-bond donors (Lipinski definition) is 0. The number of esters is 1. The Bertz CT molecular complexity index is 226. The summed E-state index contributed by atoms with van der Waals surface area (Å²) in [4.78, 5) is 13.2. The summed E-state index contributed by atoms with van der Waals surface area (Å²) >= 11 is 0. The summed E-state index contributed by atoms with van der Waals surface area (Å²) in [7, 11) is 1.63. The van der Waals surface area contributed by atoms with Gasteiger partial charge in [-0.3, -0.25) is 9.69 Å². The van der Waals surface area contributed by atoms with E-state index in [0.29, 0.717) is 39.1 Å². The molecule has 0 aliphatic carbocycles. The van der Waals surface area contributed by atoms with E-state index < -0.39 is 0 Å². The van der Waals surface area contributed by atoms with Gasteiger partial charge in [0.1, 0.15) is 0 Å². The van der Waals surface area contributed by atoms with Gasteiger partial charge in [-0.25, -0.2) is 0 Å². The van der Waals surface area contributed by atoms with Crippen LogP contribution in [-0.2, 0) is 14.3 Å². The third-order valence-electron chi connectivity index (χ3n) is 2.09. The minimum absolute atomic E-state index is 0.193. The Balaban J connectivity index is 3.81. The van der Waals surface area contributed by atoms with E-state index >= 15 is 0 Å². The molecule has 0 unspecified atom stereocenters. The lowest BCUT2D eigenvalue weighted by atomic mass is 10.3. The second-order valence-electron chi connectivity index (χ2n) is 3.30. The standard InChI is InChI=1S/C11H20N2O3/c1-3-16-11(14)5-8-13(7-4-6-12)9-10-15-2/h3-5,7-10H2,1-2H3. The SMILES string of the molecule is CCOC(=O)CCN(CCC#N)CCOC. The van der Waals surface area contributed by atoms with Crippen LogP contribution in [0.2, 0.25) is 0 Å². The highest BCUT2D eigenvalue weighted by Gasteiger charge is 2.08. The van der Waals surface area contributed by atoms with E-state index in [0.717, 1.165) is 6.54 Å². The zero-order valence-electron chi connectivity index (χ0n) is 10.1. The van der Waals surface area contributed by atoms with Gasteiger partial charge in [0.2, 0.25) is 0 Å². The van der Waals surface area contributed by atoms with Crippen molar-refractivity contribution < 1.29 is 14.3 Å². The summed E-state index contributed by atoms with van der Waals surface area (Å²) in [6.07, 6.45) is 0.829. The molecule has 0 aromatic heterocycles. The Kier molecular flexibility index (Phi) is 9.67. The first kappa shape index (κ1) is 14.9. The second kappa shape index (κ2) is 10.4. The highest BCUT2D eigenvalue weighted by Crippen LogP contribution is 1.96. The molecular weight excluding hydrogens is 208 g/mol. The van der Waals surface area contributed by atoms with Crippen LogP contribution in [0.4, 0.5) is 0 Å². The topological polar surface area (TPSA) is 62.6 Å². The first-order chi connectivity index (χ1) is 7.74. The Hall–Kier alpha value is -1.12. The molecule has 0 N–H and O–H groups in total. The molecule has 0 radical (unpaired) electrons. The van der Waals surface area contributed by atoms with Gasteiger partial charge in [-0.2, -0.15) is 5.26 Å². The molecular formula is C11H20N2O3. The van der Waals surface area contributed by atoms with Crippen LogP contribution in [0.15, 0.2) is 0 Å². The molecule has 0 heterocycles. The Morgan fingerprint density at radius 3 is 2.69 bits per heavy atom. The van der Waals surface area contributed by atoms with Gasteiger partial charge in [0.05, 0.1) is 25.7 Å². The summed E-state index contributed by atoms with van der Waals surface area (Å²) in [6, 6.07) is 2.09. The quantitative estimate of drug-likeness (QED) is 0.546. The minimum atomic E-state index is -0.193. The first-order valence-corrected chi connectivity index (χ1v) is 5.48. The average Bonchev–Trinajstić information content (AvgIpc) is 2.28. The van der Waals surface area contributed by atoms with Crippen LogP contribution >= 0.6 is 0 Å². The van der Waals surface area contributed by atoms with E-state index in [-0.39, 0.29) is 5.97 Å². The highest BCUT2D eigenvalue weighted by atomic mass is 16.5. The van der Waals surface area contributed by atoms with Crippen LogP contribution in [0.3, 0.4) is 0 Å². The van der Waals surface area contributed by atoms with Gasteiger partial charge in [-0.05, 0) is 6.92 Å². The van der Waals surface area contributed by atoms with Crippen molar-refractivity contribution in [3.8, 4) is 6.07 Å². The second-order valence-corrected chi connectivity index (χ2v) is 3.30. The van der Waals surface area contributed by atoms with E-state index in [1.165, 1.54) is 0 Å². The van der Waals surface area contributed by atoms with Crippen LogP contribution in [0.25, 0.3) is 0 Å². The smallest absolute Gasteiger partial charge is 0.307 e. The van der Waals surface area contributed by atoms with E-state index in [9.17, 15) is 4.79 Å². The molecule has 16 heavy (non-hydrogen) atoms. The molecule has 0 rings (SSSR count). The molecule has 0 aromatic carbocycles. The molecule has 0 bridgehead atoms. The van der Waals surface area contributed by atoms with Gasteiger partial charge < -0.3 is 9.47 Å². The van der Waals surface area contributed by atoms with Crippen LogP contribution in [-0.4, -0.2) is 50.8 Å². The molecule has 0 saturated carbocycles. The number of nitrogens with zero attached hydrogens (tertiary/aromatic N) is 2.